The molecule has 2 N–H and O–H groups in total. The van der Waals surface area contributed by atoms with Gasteiger partial charge in [0.2, 0.25) is 5.71 Å². The van der Waals surface area contributed by atoms with Gasteiger partial charge in [0.15, 0.2) is 0 Å². The Bertz CT molecular complexity index is 719. The van der Waals surface area contributed by atoms with Gasteiger partial charge in [0, 0.05) is 12.6 Å². The summed E-state index contributed by atoms with van der Waals surface area (Å²) in [4.78, 5) is 36.3. The first-order chi connectivity index (χ1) is 7.91. The van der Waals surface area contributed by atoms with Crippen molar-refractivity contribution in [2.75, 3.05) is 0 Å². The first-order valence-corrected chi connectivity index (χ1v) is 4.85. The van der Waals surface area contributed by atoms with Crippen LogP contribution in [-0.2, 0) is 18.3 Å². The van der Waals surface area contributed by atoms with Gasteiger partial charge in [0.1, 0.15) is 11.1 Å². The van der Waals surface area contributed by atoms with Crippen LogP contribution in [0.4, 0.5) is 0 Å². The third-order valence-electron chi connectivity index (χ3n) is 2.58. The zero-order valence-electron chi connectivity index (χ0n) is 9.23. The molecule has 17 heavy (non-hydrogen) atoms. The largest absolute Gasteiger partial charge is 0.481 e. The lowest BCUT2D eigenvalue weighted by molar-refractivity contribution is -0.136. The van der Waals surface area contributed by atoms with Crippen molar-refractivity contribution in [1.29, 1.82) is 0 Å². The molecule has 2 aromatic rings. The smallest absolute Gasteiger partial charge is 0.330 e. The number of fused-ring (bicyclic) bond motifs is 1. The second kappa shape index (κ2) is 3.62. The first kappa shape index (κ1) is 11.2. The maximum Gasteiger partial charge on any atom is 0.330 e. The second-order valence-electron chi connectivity index (χ2n) is 3.71. The van der Waals surface area contributed by atoms with Gasteiger partial charge in [-0.1, -0.05) is 0 Å². The normalized spacial score (nSPS) is 10.9. The van der Waals surface area contributed by atoms with E-state index in [9.17, 15) is 14.4 Å². The summed E-state index contributed by atoms with van der Waals surface area (Å²) in [7, 11) is 1.31. The lowest BCUT2D eigenvalue weighted by Crippen LogP contribution is -2.32. The van der Waals surface area contributed by atoms with Crippen LogP contribution in [0.15, 0.2) is 14.0 Å². The van der Waals surface area contributed by atoms with Crippen LogP contribution in [0.25, 0.3) is 11.1 Å². The number of nitrogens with one attached hydrogen (secondary N) is 1. The predicted molar refractivity (Wildman–Crippen MR) is 58.2 cm³/mol. The van der Waals surface area contributed by atoms with E-state index in [1.54, 1.807) is 6.92 Å². The molecule has 0 saturated heterocycles. The van der Waals surface area contributed by atoms with Crippen LogP contribution >= 0.6 is 0 Å². The predicted octanol–water partition coefficient (Wildman–Crippen LogP) is -0.245. The number of carbonyl (C=O) groups is 1. The van der Waals surface area contributed by atoms with Crippen molar-refractivity contribution in [3.63, 3.8) is 0 Å². The maximum absolute atomic E-state index is 11.9. The number of carboxylic acid groups (broad SMARTS) is 1. The number of H-pyrrole nitrogens is 1. The van der Waals surface area contributed by atoms with Crippen LogP contribution in [0.2, 0.25) is 0 Å². The summed E-state index contributed by atoms with van der Waals surface area (Å²) >= 11 is 0. The summed E-state index contributed by atoms with van der Waals surface area (Å²) in [6.07, 6.45) is -0.319. The highest BCUT2D eigenvalue weighted by atomic mass is 16.4. The van der Waals surface area contributed by atoms with Crippen LogP contribution in [0.5, 0.6) is 0 Å². The maximum atomic E-state index is 11.9. The lowest BCUT2D eigenvalue weighted by atomic mass is 10.1. The molecule has 0 radical (unpaired) electrons. The van der Waals surface area contributed by atoms with Crippen molar-refractivity contribution in [3.05, 3.63) is 32.2 Å². The minimum atomic E-state index is -1.07. The van der Waals surface area contributed by atoms with Crippen LogP contribution in [-0.4, -0.2) is 20.6 Å². The van der Waals surface area contributed by atoms with E-state index in [0.717, 1.165) is 4.57 Å². The Hall–Kier alpha value is -2.31. The fraction of sp³-hybridized carbons (Fsp3) is 0.300. The number of aromatic nitrogens is 2. The minimum absolute atomic E-state index is 0.0202. The average Bonchev–Trinajstić information content (AvgIpc) is 2.51. The van der Waals surface area contributed by atoms with Crippen LogP contribution < -0.4 is 11.2 Å². The zero-order valence-corrected chi connectivity index (χ0v) is 9.23. The molecule has 0 aliphatic rings. The molecule has 2 aromatic heterocycles. The van der Waals surface area contributed by atoms with Crippen molar-refractivity contribution in [3.8, 4) is 0 Å². The third kappa shape index (κ3) is 1.65. The summed E-state index contributed by atoms with van der Waals surface area (Å²) in [5.41, 5.74) is -0.842. The van der Waals surface area contributed by atoms with Crippen molar-refractivity contribution < 1.29 is 14.3 Å². The fourth-order valence-corrected chi connectivity index (χ4v) is 1.70. The summed E-state index contributed by atoms with van der Waals surface area (Å²) in [5.74, 6) is -0.745. The Morgan fingerprint density at radius 1 is 1.47 bits per heavy atom. The molecule has 0 bridgehead atoms. The number of rotatable bonds is 2. The summed E-state index contributed by atoms with van der Waals surface area (Å²) in [5, 5.41) is 8.88. The van der Waals surface area contributed by atoms with Gasteiger partial charge in [-0.15, -0.1) is 0 Å². The van der Waals surface area contributed by atoms with E-state index in [-0.39, 0.29) is 17.5 Å². The number of hydrogen-bond acceptors (Lipinski definition) is 4. The molecule has 2 heterocycles. The van der Waals surface area contributed by atoms with E-state index in [4.69, 9.17) is 9.52 Å². The van der Waals surface area contributed by atoms with Gasteiger partial charge in [-0.05, 0) is 6.92 Å². The topological polar surface area (TPSA) is 105 Å². The second-order valence-corrected chi connectivity index (χ2v) is 3.71. The Morgan fingerprint density at radius 3 is 2.71 bits per heavy atom. The highest BCUT2D eigenvalue weighted by molar-refractivity contribution is 5.83. The van der Waals surface area contributed by atoms with Crippen LogP contribution in [0.1, 0.15) is 11.3 Å². The number of nitrogens with zero attached hydrogens (tertiary/aromatic N) is 1. The minimum Gasteiger partial charge on any atom is -0.481 e. The molecule has 0 atom stereocenters. The highest BCUT2D eigenvalue weighted by Gasteiger charge is 2.18. The van der Waals surface area contributed by atoms with Gasteiger partial charge < -0.3 is 9.52 Å². The van der Waals surface area contributed by atoms with E-state index < -0.39 is 17.2 Å². The van der Waals surface area contributed by atoms with Gasteiger partial charge in [0.25, 0.3) is 5.56 Å². The molecular weight excluding hydrogens is 228 g/mol. The first-order valence-electron chi connectivity index (χ1n) is 4.85. The molecule has 0 aromatic carbocycles. The molecule has 2 rings (SSSR count). The lowest BCUT2D eigenvalue weighted by Gasteiger charge is -1.96. The molecule has 7 heteroatoms. The van der Waals surface area contributed by atoms with E-state index >= 15 is 0 Å². The highest BCUT2D eigenvalue weighted by Crippen LogP contribution is 2.20. The molecule has 0 fully saturated rings. The monoisotopic (exact) mass is 238 g/mol. The number of aryl methyl sites for hydroxylation is 1. The molecule has 0 saturated carbocycles. The van der Waals surface area contributed by atoms with Crippen molar-refractivity contribution in [2.45, 2.75) is 13.3 Å². The summed E-state index contributed by atoms with van der Waals surface area (Å²) in [6, 6.07) is 0. The molecule has 0 spiro atoms. The molecule has 0 aliphatic heterocycles. The number of aromatic amines is 1. The third-order valence-corrected chi connectivity index (χ3v) is 2.58. The molecular formula is C10H10N2O5. The van der Waals surface area contributed by atoms with Gasteiger partial charge in [-0.25, -0.2) is 4.79 Å². The SMILES string of the molecule is Cc1oc2[nH]c(=O)n(C)c(=O)c2c1CC(=O)O. The van der Waals surface area contributed by atoms with Crippen molar-refractivity contribution >= 4 is 17.1 Å². The standard InChI is InChI=1S/C10H10N2O5/c1-4-5(3-6(13)14)7-8(17-4)11-10(16)12(2)9(7)15/h3H2,1-2H3,(H,11,16)(H,13,14). The van der Waals surface area contributed by atoms with Crippen molar-refractivity contribution in [1.82, 2.24) is 9.55 Å². The quantitative estimate of drug-likeness (QED) is 0.750. The van der Waals surface area contributed by atoms with E-state index in [1.165, 1.54) is 7.05 Å². The molecule has 90 valence electrons. The van der Waals surface area contributed by atoms with Crippen LogP contribution in [0, 0.1) is 6.92 Å². The number of aliphatic carboxylic acids is 1. The van der Waals surface area contributed by atoms with Gasteiger partial charge >= 0.3 is 11.7 Å². The van der Waals surface area contributed by atoms with Gasteiger partial charge in [-0.2, -0.15) is 0 Å². The summed E-state index contributed by atoms with van der Waals surface area (Å²) < 4.78 is 6.06. The number of carboxylic acids is 1. The Labute approximate surface area is 94.3 Å². The fourth-order valence-electron chi connectivity index (χ4n) is 1.70. The van der Waals surface area contributed by atoms with Crippen LogP contribution in [0.3, 0.4) is 0 Å². The Balaban J connectivity index is 2.90. The summed E-state index contributed by atoms with van der Waals surface area (Å²) in [6.45, 7) is 1.55. The Kier molecular flexibility index (Phi) is 2.38. The van der Waals surface area contributed by atoms with E-state index in [2.05, 4.69) is 4.98 Å². The molecule has 7 nitrogen and oxygen atoms in total. The number of furan rings is 1. The molecule has 0 amide bonds. The van der Waals surface area contributed by atoms with Gasteiger partial charge in [0.05, 0.1) is 6.42 Å². The molecule has 0 aliphatic carbocycles. The molecule has 0 unspecified atom stereocenters. The zero-order chi connectivity index (χ0) is 12.7. The van der Waals surface area contributed by atoms with Gasteiger partial charge in [-0.3, -0.25) is 19.1 Å². The van der Waals surface area contributed by atoms with Crippen molar-refractivity contribution in [2.24, 2.45) is 7.05 Å². The van der Waals surface area contributed by atoms with E-state index in [0.29, 0.717) is 11.3 Å². The Morgan fingerprint density at radius 2 is 2.12 bits per heavy atom. The number of hydrogen-bond donors (Lipinski definition) is 2. The van der Waals surface area contributed by atoms with E-state index in [1.807, 2.05) is 0 Å². The average molecular weight is 238 g/mol.